The highest BCUT2D eigenvalue weighted by Gasteiger charge is 2.12. The number of fused-ring (bicyclic) bond motifs is 2. The lowest BCUT2D eigenvalue weighted by atomic mass is 10.1. The number of pyridine rings is 1. The maximum absolute atomic E-state index is 5.67. The smallest absolute Gasteiger partial charge is 0.0574 e. The van der Waals surface area contributed by atoms with Crippen molar-refractivity contribution in [1.29, 1.82) is 0 Å². The van der Waals surface area contributed by atoms with Crippen LogP contribution in [0.2, 0.25) is 0 Å². The molecule has 1 aliphatic rings. The molecule has 2 rings (SSSR count). The zero-order chi connectivity index (χ0) is 16.5. The van der Waals surface area contributed by atoms with E-state index in [9.17, 15) is 0 Å². The molecule has 5 heteroatoms. The summed E-state index contributed by atoms with van der Waals surface area (Å²) in [5.74, 6) is 0. The summed E-state index contributed by atoms with van der Waals surface area (Å²) in [6.07, 6.45) is 3.42. The fourth-order valence-corrected chi connectivity index (χ4v) is 3.05. The zero-order valence-electron chi connectivity index (χ0n) is 14.7. The molecule has 23 heavy (non-hydrogen) atoms. The Bertz CT molecular complexity index is 418. The third kappa shape index (κ3) is 6.18. The van der Waals surface area contributed by atoms with E-state index in [4.69, 9.17) is 10.7 Å². The molecule has 1 aromatic heterocycles. The van der Waals surface area contributed by atoms with E-state index in [0.717, 1.165) is 57.1 Å². The Kier molecular flexibility index (Phi) is 7.95. The van der Waals surface area contributed by atoms with Gasteiger partial charge < -0.3 is 21.3 Å². The second-order valence-corrected chi connectivity index (χ2v) is 6.53. The topological polar surface area (TPSA) is 66.2 Å². The standard InChI is InChI=1S/C18H33N5/c1-15-17-7-3-8-18(22-17)16(2)21-11-6-14-23(12-4-9-19)13-5-10-20-15/h3,7-8,15-16,20-21H,4-6,9-14,19H2,1-2H3/t15-,16-/m0/s1. The summed E-state index contributed by atoms with van der Waals surface area (Å²) in [5.41, 5.74) is 7.93. The van der Waals surface area contributed by atoms with Gasteiger partial charge in [-0.15, -0.1) is 0 Å². The van der Waals surface area contributed by atoms with Gasteiger partial charge in [0.1, 0.15) is 0 Å². The van der Waals surface area contributed by atoms with Crippen molar-refractivity contribution in [3.05, 3.63) is 29.6 Å². The lowest BCUT2D eigenvalue weighted by Gasteiger charge is -2.24. The molecule has 2 bridgehead atoms. The van der Waals surface area contributed by atoms with Crippen molar-refractivity contribution in [1.82, 2.24) is 20.5 Å². The third-order valence-corrected chi connectivity index (χ3v) is 4.56. The summed E-state index contributed by atoms with van der Waals surface area (Å²) >= 11 is 0. The van der Waals surface area contributed by atoms with Gasteiger partial charge in [0.25, 0.3) is 0 Å². The lowest BCUT2D eigenvalue weighted by Crippen LogP contribution is -2.33. The van der Waals surface area contributed by atoms with Crippen molar-refractivity contribution in [2.75, 3.05) is 39.3 Å². The number of rotatable bonds is 3. The molecule has 4 N–H and O–H groups in total. The largest absolute Gasteiger partial charge is 0.330 e. The predicted octanol–water partition coefficient (Wildman–Crippen LogP) is 1.83. The number of nitrogens with zero attached hydrogens (tertiary/aromatic N) is 2. The molecule has 0 aromatic carbocycles. The summed E-state index contributed by atoms with van der Waals surface area (Å²) in [6.45, 7) is 10.6. The van der Waals surface area contributed by atoms with Crippen molar-refractivity contribution in [3.63, 3.8) is 0 Å². The normalized spacial score (nSPS) is 25.0. The van der Waals surface area contributed by atoms with Crippen molar-refractivity contribution in [3.8, 4) is 0 Å². The first-order valence-corrected chi connectivity index (χ1v) is 9.06. The van der Waals surface area contributed by atoms with E-state index in [-0.39, 0.29) is 0 Å². The predicted molar refractivity (Wildman–Crippen MR) is 96.4 cm³/mol. The third-order valence-electron chi connectivity index (χ3n) is 4.56. The minimum atomic E-state index is 0.294. The molecule has 0 unspecified atom stereocenters. The molecule has 0 radical (unpaired) electrons. The number of nitrogens with two attached hydrogens (primary N) is 1. The van der Waals surface area contributed by atoms with Gasteiger partial charge in [0.15, 0.2) is 0 Å². The van der Waals surface area contributed by atoms with Crippen LogP contribution in [0.15, 0.2) is 18.2 Å². The van der Waals surface area contributed by atoms with E-state index in [1.165, 1.54) is 12.8 Å². The van der Waals surface area contributed by atoms with Gasteiger partial charge in [0.2, 0.25) is 0 Å². The molecule has 2 atom stereocenters. The first-order valence-electron chi connectivity index (χ1n) is 9.06. The Morgan fingerprint density at radius 1 is 1.09 bits per heavy atom. The van der Waals surface area contributed by atoms with Crippen molar-refractivity contribution in [2.24, 2.45) is 5.73 Å². The van der Waals surface area contributed by atoms with E-state index in [0.29, 0.717) is 12.1 Å². The van der Waals surface area contributed by atoms with E-state index in [1.54, 1.807) is 0 Å². The molecule has 0 spiro atoms. The summed E-state index contributed by atoms with van der Waals surface area (Å²) in [5, 5.41) is 7.20. The van der Waals surface area contributed by atoms with Crippen LogP contribution in [-0.4, -0.2) is 49.2 Å². The Morgan fingerprint density at radius 3 is 2.17 bits per heavy atom. The van der Waals surface area contributed by atoms with E-state index in [2.05, 4.69) is 47.6 Å². The van der Waals surface area contributed by atoms with Gasteiger partial charge in [-0.3, -0.25) is 4.98 Å². The molecule has 0 saturated heterocycles. The summed E-state index contributed by atoms with van der Waals surface area (Å²) in [4.78, 5) is 7.38. The van der Waals surface area contributed by atoms with Crippen LogP contribution in [0, 0.1) is 0 Å². The van der Waals surface area contributed by atoms with Crippen LogP contribution in [0.5, 0.6) is 0 Å². The van der Waals surface area contributed by atoms with Crippen molar-refractivity contribution < 1.29 is 0 Å². The molecule has 130 valence electrons. The van der Waals surface area contributed by atoms with Gasteiger partial charge in [-0.1, -0.05) is 6.07 Å². The van der Waals surface area contributed by atoms with Gasteiger partial charge in [-0.25, -0.2) is 0 Å². The Labute approximate surface area is 141 Å². The zero-order valence-corrected chi connectivity index (χ0v) is 14.7. The number of hydrogen-bond donors (Lipinski definition) is 3. The van der Waals surface area contributed by atoms with Crippen molar-refractivity contribution in [2.45, 2.75) is 45.2 Å². The van der Waals surface area contributed by atoms with Crippen LogP contribution in [0.1, 0.15) is 56.6 Å². The molecule has 0 saturated carbocycles. The number of hydrogen-bond acceptors (Lipinski definition) is 5. The molecule has 1 aliphatic heterocycles. The summed E-state index contributed by atoms with van der Waals surface area (Å²) < 4.78 is 0. The summed E-state index contributed by atoms with van der Waals surface area (Å²) in [7, 11) is 0. The Balaban J connectivity index is 2.00. The molecule has 2 heterocycles. The fourth-order valence-electron chi connectivity index (χ4n) is 3.05. The van der Waals surface area contributed by atoms with Gasteiger partial charge >= 0.3 is 0 Å². The number of nitrogens with one attached hydrogen (secondary N) is 2. The molecular weight excluding hydrogens is 286 g/mol. The fraction of sp³-hybridized carbons (Fsp3) is 0.722. The summed E-state index contributed by atoms with van der Waals surface area (Å²) in [6, 6.07) is 6.94. The van der Waals surface area contributed by atoms with Crippen LogP contribution < -0.4 is 16.4 Å². The van der Waals surface area contributed by atoms with Gasteiger partial charge in [-0.2, -0.15) is 0 Å². The SMILES string of the molecule is C[C@@H]1NCCCN(CCCN)CCCN[C@@H](C)c2cccc1n2. The van der Waals surface area contributed by atoms with Crippen molar-refractivity contribution >= 4 is 0 Å². The highest BCUT2D eigenvalue weighted by Crippen LogP contribution is 2.15. The van der Waals surface area contributed by atoms with Gasteiger partial charge in [0.05, 0.1) is 11.4 Å². The quantitative estimate of drug-likeness (QED) is 0.793. The second kappa shape index (κ2) is 9.98. The minimum absolute atomic E-state index is 0.294. The maximum Gasteiger partial charge on any atom is 0.0574 e. The molecular formula is C18H33N5. The average Bonchev–Trinajstić information content (AvgIpc) is 2.58. The van der Waals surface area contributed by atoms with Crippen LogP contribution in [0.25, 0.3) is 0 Å². The van der Waals surface area contributed by atoms with Crippen LogP contribution in [-0.2, 0) is 0 Å². The number of aromatic nitrogens is 1. The maximum atomic E-state index is 5.67. The van der Waals surface area contributed by atoms with Gasteiger partial charge in [0, 0.05) is 12.1 Å². The molecule has 0 amide bonds. The first-order chi connectivity index (χ1) is 11.2. The highest BCUT2D eigenvalue weighted by molar-refractivity contribution is 5.16. The Morgan fingerprint density at radius 2 is 1.65 bits per heavy atom. The van der Waals surface area contributed by atoms with E-state index < -0.39 is 0 Å². The molecule has 1 aromatic rings. The lowest BCUT2D eigenvalue weighted by molar-refractivity contribution is 0.260. The second-order valence-electron chi connectivity index (χ2n) is 6.53. The average molecular weight is 319 g/mol. The van der Waals surface area contributed by atoms with Crippen LogP contribution >= 0.6 is 0 Å². The monoisotopic (exact) mass is 319 g/mol. The van der Waals surface area contributed by atoms with Crippen LogP contribution in [0.3, 0.4) is 0 Å². The van der Waals surface area contributed by atoms with Crippen LogP contribution in [0.4, 0.5) is 0 Å². The molecule has 5 nitrogen and oxygen atoms in total. The van der Waals surface area contributed by atoms with E-state index >= 15 is 0 Å². The molecule has 0 aliphatic carbocycles. The highest BCUT2D eigenvalue weighted by atomic mass is 15.1. The first kappa shape index (κ1) is 18.3. The molecule has 0 fully saturated rings. The Hall–Kier alpha value is -1.01. The van der Waals surface area contributed by atoms with E-state index in [1.807, 2.05) is 0 Å². The minimum Gasteiger partial charge on any atom is -0.330 e. The van der Waals surface area contributed by atoms with Gasteiger partial charge in [-0.05, 0) is 84.5 Å².